The van der Waals surface area contributed by atoms with Gasteiger partial charge in [0.25, 0.3) is 0 Å². The first kappa shape index (κ1) is 11.5. The first-order valence-corrected chi connectivity index (χ1v) is 4.84. The number of aromatic amines is 1. The van der Waals surface area contributed by atoms with Crippen molar-refractivity contribution in [1.82, 2.24) is 9.97 Å². The van der Waals surface area contributed by atoms with Gasteiger partial charge in [-0.15, -0.1) is 0 Å². The molecule has 6 heteroatoms. The summed E-state index contributed by atoms with van der Waals surface area (Å²) in [6.45, 7) is -0.243. The van der Waals surface area contributed by atoms with Gasteiger partial charge >= 0.3 is 0 Å². The predicted octanol–water partition coefficient (Wildman–Crippen LogP) is 1.86. The van der Waals surface area contributed by atoms with Gasteiger partial charge < -0.3 is 14.8 Å². The molecule has 0 saturated heterocycles. The number of H-pyrrole nitrogens is 1. The third-order valence-corrected chi connectivity index (χ3v) is 2.30. The van der Waals surface area contributed by atoms with Gasteiger partial charge in [-0.05, 0) is 6.07 Å². The van der Waals surface area contributed by atoms with Crippen LogP contribution in [0.25, 0.3) is 11.4 Å². The number of halogens is 2. The molecule has 0 aliphatic heterocycles. The van der Waals surface area contributed by atoms with Gasteiger partial charge in [0.2, 0.25) is 0 Å². The van der Waals surface area contributed by atoms with Crippen molar-refractivity contribution in [1.29, 1.82) is 0 Å². The third kappa shape index (κ3) is 2.12. The van der Waals surface area contributed by atoms with Gasteiger partial charge in [-0.2, -0.15) is 0 Å². The van der Waals surface area contributed by atoms with Crippen LogP contribution in [0.2, 0.25) is 0 Å². The highest BCUT2D eigenvalue weighted by molar-refractivity contribution is 5.58. The van der Waals surface area contributed by atoms with Crippen LogP contribution in [0.1, 0.15) is 5.69 Å². The molecule has 0 spiro atoms. The standard InChI is InChI=1S/C11H10F2N2O2/c1-17-10-3-8(12)7(2-9(10)13)11-14-4-6(5-16)15-11/h2-4,16H,5H2,1H3,(H,14,15). The van der Waals surface area contributed by atoms with Crippen LogP contribution in [-0.2, 0) is 6.61 Å². The fourth-order valence-corrected chi connectivity index (χ4v) is 1.44. The highest BCUT2D eigenvalue weighted by Crippen LogP contribution is 2.27. The Kier molecular flexibility index (Phi) is 3.06. The summed E-state index contributed by atoms with van der Waals surface area (Å²) in [5, 5.41) is 8.84. The quantitative estimate of drug-likeness (QED) is 0.860. The predicted molar refractivity (Wildman–Crippen MR) is 56.4 cm³/mol. The van der Waals surface area contributed by atoms with E-state index < -0.39 is 11.6 Å². The molecule has 4 nitrogen and oxygen atoms in total. The van der Waals surface area contributed by atoms with E-state index in [0.29, 0.717) is 5.69 Å². The number of aromatic nitrogens is 2. The minimum atomic E-state index is -0.675. The monoisotopic (exact) mass is 240 g/mol. The van der Waals surface area contributed by atoms with E-state index in [9.17, 15) is 8.78 Å². The smallest absolute Gasteiger partial charge is 0.165 e. The molecule has 0 bridgehead atoms. The first-order valence-electron chi connectivity index (χ1n) is 4.84. The fourth-order valence-electron chi connectivity index (χ4n) is 1.44. The van der Waals surface area contributed by atoms with Gasteiger partial charge in [0, 0.05) is 6.07 Å². The molecule has 1 heterocycles. The Bertz CT molecular complexity index is 540. The number of hydrogen-bond acceptors (Lipinski definition) is 3. The minimum Gasteiger partial charge on any atom is -0.494 e. The number of nitrogens with one attached hydrogen (secondary N) is 1. The molecule has 17 heavy (non-hydrogen) atoms. The van der Waals surface area contributed by atoms with E-state index in [1.54, 1.807) is 0 Å². The third-order valence-electron chi connectivity index (χ3n) is 2.30. The van der Waals surface area contributed by atoms with Crippen LogP contribution in [-0.4, -0.2) is 22.2 Å². The lowest BCUT2D eigenvalue weighted by molar-refractivity contribution is 0.277. The van der Waals surface area contributed by atoms with Crippen LogP contribution in [0.15, 0.2) is 18.3 Å². The molecular weight excluding hydrogens is 230 g/mol. The molecule has 0 saturated carbocycles. The number of nitrogens with zero attached hydrogens (tertiary/aromatic N) is 1. The van der Waals surface area contributed by atoms with Crippen molar-refractivity contribution >= 4 is 0 Å². The second-order valence-electron chi connectivity index (χ2n) is 3.38. The Labute approximate surface area is 95.9 Å². The van der Waals surface area contributed by atoms with Gasteiger partial charge in [-0.25, -0.2) is 13.8 Å². The molecule has 0 fully saturated rings. The SMILES string of the molecule is COc1cc(F)c(-c2ncc(CO)[nH]2)cc1F. The van der Waals surface area contributed by atoms with E-state index in [1.807, 2.05) is 0 Å². The van der Waals surface area contributed by atoms with E-state index in [2.05, 4.69) is 14.7 Å². The summed E-state index contributed by atoms with van der Waals surface area (Å²) < 4.78 is 31.7. The number of rotatable bonds is 3. The zero-order valence-electron chi connectivity index (χ0n) is 9.00. The Morgan fingerprint density at radius 3 is 2.71 bits per heavy atom. The van der Waals surface area contributed by atoms with Crippen LogP contribution >= 0.6 is 0 Å². The molecule has 0 aliphatic rings. The first-order chi connectivity index (χ1) is 8.15. The Balaban J connectivity index is 2.48. The summed E-state index contributed by atoms with van der Waals surface area (Å²) in [5.74, 6) is -1.33. The molecule has 90 valence electrons. The van der Waals surface area contributed by atoms with Crippen molar-refractivity contribution in [3.05, 3.63) is 35.7 Å². The van der Waals surface area contributed by atoms with E-state index in [-0.39, 0.29) is 23.7 Å². The average molecular weight is 240 g/mol. The molecule has 2 rings (SSSR count). The molecular formula is C11H10F2N2O2. The summed E-state index contributed by atoms with van der Waals surface area (Å²) in [6.07, 6.45) is 1.36. The fraction of sp³-hybridized carbons (Fsp3) is 0.182. The minimum absolute atomic E-state index is 0.0111. The largest absolute Gasteiger partial charge is 0.494 e. The number of imidazole rings is 1. The van der Waals surface area contributed by atoms with Gasteiger partial charge in [-0.3, -0.25) is 0 Å². The second-order valence-corrected chi connectivity index (χ2v) is 3.38. The summed E-state index contributed by atoms with van der Waals surface area (Å²) in [5.41, 5.74) is 0.415. The van der Waals surface area contributed by atoms with Crippen molar-refractivity contribution in [3.63, 3.8) is 0 Å². The maximum Gasteiger partial charge on any atom is 0.165 e. The Morgan fingerprint density at radius 2 is 2.12 bits per heavy atom. The van der Waals surface area contributed by atoms with Crippen LogP contribution in [0.3, 0.4) is 0 Å². The van der Waals surface area contributed by atoms with Crippen LogP contribution in [0.4, 0.5) is 8.78 Å². The normalized spacial score (nSPS) is 10.6. The number of ether oxygens (including phenoxy) is 1. The molecule has 2 N–H and O–H groups in total. The van der Waals surface area contributed by atoms with Crippen molar-refractivity contribution in [2.45, 2.75) is 6.61 Å². The van der Waals surface area contributed by atoms with Gasteiger partial charge in [0.1, 0.15) is 11.6 Å². The van der Waals surface area contributed by atoms with Crippen LogP contribution < -0.4 is 4.74 Å². The topological polar surface area (TPSA) is 58.1 Å². The number of methoxy groups -OCH3 is 1. The molecule has 0 aliphatic carbocycles. The van der Waals surface area contributed by atoms with E-state index in [0.717, 1.165) is 12.1 Å². The summed E-state index contributed by atoms with van der Waals surface area (Å²) >= 11 is 0. The van der Waals surface area contributed by atoms with Crippen molar-refractivity contribution < 1.29 is 18.6 Å². The maximum atomic E-state index is 13.6. The second kappa shape index (κ2) is 4.50. The lowest BCUT2D eigenvalue weighted by Gasteiger charge is -2.05. The lowest BCUT2D eigenvalue weighted by Crippen LogP contribution is -1.94. The maximum absolute atomic E-state index is 13.6. The van der Waals surface area contributed by atoms with Gasteiger partial charge in [0.05, 0.1) is 31.2 Å². The van der Waals surface area contributed by atoms with Gasteiger partial charge in [0.15, 0.2) is 11.6 Å². The van der Waals surface area contributed by atoms with E-state index in [4.69, 9.17) is 5.11 Å². The van der Waals surface area contributed by atoms with Crippen LogP contribution in [0, 0.1) is 11.6 Å². The van der Waals surface area contributed by atoms with Crippen LogP contribution in [0.5, 0.6) is 5.75 Å². The average Bonchev–Trinajstić information content (AvgIpc) is 2.80. The lowest BCUT2D eigenvalue weighted by atomic mass is 10.2. The Hall–Kier alpha value is -1.95. The molecule has 0 atom stereocenters. The van der Waals surface area contributed by atoms with Crippen molar-refractivity contribution in [2.75, 3.05) is 7.11 Å². The molecule has 1 aromatic carbocycles. The summed E-state index contributed by atoms with van der Waals surface area (Å²) in [6, 6.07) is 1.94. The zero-order chi connectivity index (χ0) is 12.4. The molecule has 0 radical (unpaired) electrons. The van der Waals surface area contributed by atoms with Crippen molar-refractivity contribution in [3.8, 4) is 17.1 Å². The highest BCUT2D eigenvalue weighted by Gasteiger charge is 2.14. The molecule has 1 aromatic heterocycles. The Morgan fingerprint density at radius 1 is 1.35 bits per heavy atom. The number of benzene rings is 1. The highest BCUT2D eigenvalue weighted by atomic mass is 19.1. The summed E-state index contributed by atoms with van der Waals surface area (Å²) in [4.78, 5) is 6.53. The van der Waals surface area contributed by atoms with Crippen molar-refractivity contribution in [2.24, 2.45) is 0 Å². The summed E-state index contributed by atoms with van der Waals surface area (Å²) in [7, 11) is 1.26. The van der Waals surface area contributed by atoms with E-state index >= 15 is 0 Å². The van der Waals surface area contributed by atoms with E-state index in [1.165, 1.54) is 13.3 Å². The number of aliphatic hydroxyl groups is 1. The number of hydrogen-bond donors (Lipinski definition) is 2. The van der Waals surface area contributed by atoms with Gasteiger partial charge in [-0.1, -0.05) is 0 Å². The molecule has 0 amide bonds. The molecule has 2 aromatic rings. The molecule has 0 unspecified atom stereocenters. The number of aliphatic hydroxyl groups excluding tert-OH is 1. The zero-order valence-corrected chi connectivity index (χ0v) is 9.00.